The van der Waals surface area contributed by atoms with Gasteiger partial charge in [-0.15, -0.1) is 0 Å². The van der Waals surface area contributed by atoms with Gasteiger partial charge in [0.2, 0.25) is 0 Å². The number of hydrogen-bond donors (Lipinski definition) is 1. The molecule has 0 radical (unpaired) electrons. The van der Waals surface area contributed by atoms with Crippen LogP contribution < -0.4 is 5.32 Å². The van der Waals surface area contributed by atoms with Crippen molar-refractivity contribution in [2.45, 2.75) is 38.0 Å². The molecule has 0 aliphatic carbocycles. The molecule has 1 aliphatic rings. The smallest absolute Gasteiger partial charge is 0.310 e. The Kier molecular flexibility index (Phi) is 3.11. The first kappa shape index (κ1) is 11.8. The number of alkyl halides is 3. The fourth-order valence-electron chi connectivity index (χ4n) is 1.85. The summed E-state index contributed by atoms with van der Waals surface area (Å²) in [5.41, 5.74) is -0.0372. The first-order valence-corrected chi connectivity index (χ1v) is 4.72. The summed E-state index contributed by atoms with van der Waals surface area (Å²) >= 11 is 0. The number of halogens is 3. The predicted octanol–water partition coefficient (Wildman–Crippen LogP) is 1.62. The third-order valence-electron chi connectivity index (χ3n) is 2.61. The van der Waals surface area contributed by atoms with Gasteiger partial charge in [-0.2, -0.15) is 13.2 Å². The summed E-state index contributed by atoms with van der Waals surface area (Å²) in [6.45, 7) is 3.83. The Hall–Kier alpha value is -0.290. The van der Waals surface area contributed by atoms with Crippen LogP contribution in [-0.4, -0.2) is 42.8 Å². The van der Waals surface area contributed by atoms with Gasteiger partial charge in [-0.1, -0.05) is 0 Å². The van der Waals surface area contributed by atoms with E-state index in [0.717, 1.165) is 6.42 Å². The Labute approximate surface area is 82.5 Å². The van der Waals surface area contributed by atoms with Gasteiger partial charge in [0, 0.05) is 18.1 Å². The van der Waals surface area contributed by atoms with E-state index in [2.05, 4.69) is 5.32 Å². The fourth-order valence-corrected chi connectivity index (χ4v) is 1.85. The van der Waals surface area contributed by atoms with Crippen molar-refractivity contribution in [1.82, 2.24) is 10.2 Å². The molecule has 0 amide bonds. The van der Waals surface area contributed by atoms with E-state index >= 15 is 0 Å². The molecule has 1 atom stereocenters. The summed E-state index contributed by atoms with van der Waals surface area (Å²) in [5, 5.41) is 3.20. The molecule has 0 aromatic rings. The minimum atomic E-state index is -4.10. The van der Waals surface area contributed by atoms with Crippen molar-refractivity contribution in [3.05, 3.63) is 0 Å². The molecule has 0 aromatic heterocycles. The second kappa shape index (κ2) is 3.70. The van der Waals surface area contributed by atoms with E-state index in [1.54, 1.807) is 0 Å². The zero-order chi connectivity index (χ0) is 11.0. The van der Waals surface area contributed by atoms with Gasteiger partial charge in [0.05, 0.1) is 6.54 Å². The summed E-state index contributed by atoms with van der Waals surface area (Å²) in [4.78, 5) is 1.38. The first-order chi connectivity index (χ1) is 6.20. The van der Waals surface area contributed by atoms with Gasteiger partial charge in [-0.05, 0) is 27.3 Å². The van der Waals surface area contributed by atoms with Crippen molar-refractivity contribution in [1.29, 1.82) is 0 Å². The number of nitrogens with one attached hydrogen (secondary N) is 1. The van der Waals surface area contributed by atoms with Gasteiger partial charge in [-0.25, -0.2) is 0 Å². The molecule has 0 unspecified atom stereocenters. The third-order valence-corrected chi connectivity index (χ3v) is 2.61. The van der Waals surface area contributed by atoms with Crippen molar-refractivity contribution < 1.29 is 13.2 Å². The fraction of sp³-hybridized carbons (Fsp3) is 1.00. The summed E-state index contributed by atoms with van der Waals surface area (Å²) in [7, 11) is 1.53. The highest BCUT2D eigenvalue weighted by atomic mass is 19.4. The highest BCUT2D eigenvalue weighted by molar-refractivity contribution is 4.93. The summed E-state index contributed by atoms with van der Waals surface area (Å²) in [6, 6.07) is -0.00775. The highest BCUT2D eigenvalue weighted by Crippen LogP contribution is 2.24. The monoisotopic (exact) mass is 210 g/mol. The molecule has 5 heteroatoms. The maximum Gasteiger partial charge on any atom is 0.401 e. The molecule has 1 fully saturated rings. The van der Waals surface area contributed by atoms with Crippen LogP contribution in [0.25, 0.3) is 0 Å². The second-order valence-electron chi connectivity index (χ2n) is 4.65. The zero-order valence-corrected chi connectivity index (χ0v) is 8.78. The molecule has 0 aromatic carbocycles. The van der Waals surface area contributed by atoms with Crippen LogP contribution in [0.1, 0.15) is 20.3 Å². The quantitative estimate of drug-likeness (QED) is 0.745. The molecule has 14 heavy (non-hydrogen) atoms. The van der Waals surface area contributed by atoms with Gasteiger partial charge < -0.3 is 5.32 Å². The maximum atomic E-state index is 12.1. The van der Waals surface area contributed by atoms with Crippen molar-refractivity contribution in [2.24, 2.45) is 0 Å². The van der Waals surface area contributed by atoms with Crippen LogP contribution in [0.5, 0.6) is 0 Å². The third kappa shape index (κ3) is 3.46. The van der Waals surface area contributed by atoms with Crippen LogP contribution in [0.3, 0.4) is 0 Å². The Balaban J connectivity index is 2.44. The number of hydrogen-bond acceptors (Lipinski definition) is 2. The topological polar surface area (TPSA) is 15.3 Å². The largest absolute Gasteiger partial charge is 0.401 e. The highest BCUT2D eigenvalue weighted by Gasteiger charge is 2.37. The molecule has 1 heterocycles. The molecule has 1 aliphatic heterocycles. The summed E-state index contributed by atoms with van der Waals surface area (Å²) in [6.07, 6.45) is -3.33. The van der Waals surface area contributed by atoms with Gasteiger partial charge in [-0.3, -0.25) is 4.90 Å². The number of rotatable bonds is 2. The van der Waals surface area contributed by atoms with Gasteiger partial charge in [0.25, 0.3) is 0 Å². The van der Waals surface area contributed by atoms with Crippen molar-refractivity contribution in [3.8, 4) is 0 Å². The SMILES string of the molecule is CN(CC(F)(F)F)[C@@H]1CNC(C)(C)C1. The average molecular weight is 210 g/mol. The Morgan fingerprint density at radius 3 is 2.36 bits per heavy atom. The molecule has 1 N–H and O–H groups in total. The molecule has 84 valence electrons. The lowest BCUT2D eigenvalue weighted by Gasteiger charge is -2.25. The average Bonchev–Trinajstić information content (AvgIpc) is 2.26. The Morgan fingerprint density at radius 2 is 2.00 bits per heavy atom. The van der Waals surface area contributed by atoms with Crippen LogP contribution in [0.4, 0.5) is 13.2 Å². The van der Waals surface area contributed by atoms with E-state index in [1.807, 2.05) is 13.8 Å². The van der Waals surface area contributed by atoms with Gasteiger partial charge >= 0.3 is 6.18 Å². The van der Waals surface area contributed by atoms with Crippen LogP contribution in [-0.2, 0) is 0 Å². The maximum absolute atomic E-state index is 12.1. The van der Waals surface area contributed by atoms with Crippen LogP contribution in [0, 0.1) is 0 Å². The zero-order valence-electron chi connectivity index (χ0n) is 8.78. The van der Waals surface area contributed by atoms with Crippen LogP contribution >= 0.6 is 0 Å². The van der Waals surface area contributed by atoms with E-state index in [0.29, 0.717) is 6.54 Å². The Bertz CT molecular complexity index is 201. The normalized spacial score (nSPS) is 27.2. The summed E-state index contributed by atoms with van der Waals surface area (Å²) in [5.74, 6) is 0. The molecule has 1 rings (SSSR count). The van der Waals surface area contributed by atoms with Gasteiger partial charge in [0.15, 0.2) is 0 Å². The lowest BCUT2D eigenvalue weighted by atomic mass is 10.0. The summed E-state index contributed by atoms with van der Waals surface area (Å²) < 4.78 is 36.3. The van der Waals surface area contributed by atoms with Gasteiger partial charge in [0.1, 0.15) is 0 Å². The molecule has 1 saturated heterocycles. The van der Waals surface area contributed by atoms with Crippen LogP contribution in [0.15, 0.2) is 0 Å². The molecule has 0 saturated carbocycles. The standard InChI is InChI=1S/C9H17F3N2/c1-8(2)4-7(5-13-8)14(3)6-9(10,11)12/h7,13H,4-6H2,1-3H3/t7-/m0/s1. The van der Waals surface area contributed by atoms with Crippen molar-refractivity contribution >= 4 is 0 Å². The minimum Gasteiger partial charge on any atom is -0.310 e. The van der Waals surface area contributed by atoms with E-state index in [-0.39, 0.29) is 11.6 Å². The Morgan fingerprint density at radius 1 is 1.43 bits per heavy atom. The minimum absolute atomic E-state index is 0.00775. The molecule has 0 bridgehead atoms. The lowest BCUT2D eigenvalue weighted by Crippen LogP contribution is -2.39. The predicted molar refractivity (Wildman–Crippen MR) is 49.2 cm³/mol. The number of nitrogens with zero attached hydrogens (tertiary/aromatic N) is 1. The van der Waals surface area contributed by atoms with E-state index in [9.17, 15) is 13.2 Å². The molecular formula is C9H17F3N2. The van der Waals surface area contributed by atoms with Crippen molar-refractivity contribution in [2.75, 3.05) is 20.1 Å². The molecule has 0 spiro atoms. The van der Waals surface area contributed by atoms with E-state index in [1.165, 1.54) is 11.9 Å². The van der Waals surface area contributed by atoms with Crippen molar-refractivity contribution in [3.63, 3.8) is 0 Å². The van der Waals surface area contributed by atoms with E-state index < -0.39 is 12.7 Å². The molecular weight excluding hydrogens is 193 g/mol. The van der Waals surface area contributed by atoms with Crippen LogP contribution in [0.2, 0.25) is 0 Å². The second-order valence-corrected chi connectivity index (χ2v) is 4.65. The molecule has 2 nitrogen and oxygen atoms in total. The lowest BCUT2D eigenvalue weighted by molar-refractivity contribution is -0.146. The van der Waals surface area contributed by atoms with E-state index in [4.69, 9.17) is 0 Å². The first-order valence-electron chi connectivity index (χ1n) is 4.72. The number of likely N-dealkylation sites (N-methyl/N-ethyl adjacent to an activating group) is 1.